The number of hydrogen-bond acceptors (Lipinski definition) is 3. The third-order valence-corrected chi connectivity index (χ3v) is 4.32. The summed E-state index contributed by atoms with van der Waals surface area (Å²) >= 11 is 3.58. The summed E-state index contributed by atoms with van der Waals surface area (Å²) in [4.78, 5) is 0. The summed E-state index contributed by atoms with van der Waals surface area (Å²) in [6.45, 7) is 6.89. The maximum Gasteiger partial charge on any atom is 0.0738 e. The molecule has 0 bridgehead atoms. The van der Waals surface area contributed by atoms with Crippen LogP contribution in [0.2, 0.25) is 0 Å². The summed E-state index contributed by atoms with van der Waals surface area (Å²) in [5.41, 5.74) is 10.5. The van der Waals surface area contributed by atoms with Crippen molar-refractivity contribution in [2.24, 2.45) is 12.8 Å². The molecule has 6 heteroatoms. The molecule has 2 aromatic rings. The highest BCUT2D eigenvalue weighted by molar-refractivity contribution is 9.10. The van der Waals surface area contributed by atoms with E-state index in [9.17, 15) is 0 Å². The molecule has 104 valence electrons. The molecule has 2 heterocycles. The van der Waals surface area contributed by atoms with Gasteiger partial charge in [0.25, 0.3) is 0 Å². The van der Waals surface area contributed by atoms with Gasteiger partial charge >= 0.3 is 0 Å². The Morgan fingerprint density at radius 1 is 1.37 bits per heavy atom. The van der Waals surface area contributed by atoms with Crippen molar-refractivity contribution >= 4 is 15.9 Å². The predicted molar refractivity (Wildman–Crippen MR) is 78.9 cm³/mol. The van der Waals surface area contributed by atoms with Crippen LogP contribution in [0.25, 0.3) is 0 Å². The quantitative estimate of drug-likeness (QED) is 0.937. The molecule has 0 aliphatic carbocycles. The Balaban J connectivity index is 2.27. The van der Waals surface area contributed by atoms with E-state index >= 15 is 0 Å². The summed E-state index contributed by atoms with van der Waals surface area (Å²) in [5.74, 6) is 0. The minimum atomic E-state index is -0.0766. The van der Waals surface area contributed by atoms with Crippen LogP contribution in [0.3, 0.4) is 0 Å². The molecule has 0 radical (unpaired) electrons. The summed E-state index contributed by atoms with van der Waals surface area (Å²) in [7, 11) is 1.95. The zero-order chi connectivity index (χ0) is 14.2. The maximum atomic E-state index is 6.34. The molecule has 0 aliphatic heterocycles. The first-order valence-corrected chi connectivity index (χ1v) is 7.21. The van der Waals surface area contributed by atoms with Crippen molar-refractivity contribution in [2.75, 3.05) is 0 Å². The lowest BCUT2D eigenvalue weighted by Crippen LogP contribution is -2.19. The van der Waals surface area contributed by atoms with Crippen molar-refractivity contribution in [2.45, 2.75) is 39.8 Å². The van der Waals surface area contributed by atoms with E-state index in [-0.39, 0.29) is 6.04 Å². The van der Waals surface area contributed by atoms with Crippen LogP contribution in [0.1, 0.15) is 35.7 Å². The zero-order valence-electron chi connectivity index (χ0n) is 11.8. The Morgan fingerprint density at radius 3 is 2.58 bits per heavy atom. The van der Waals surface area contributed by atoms with Gasteiger partial charge in [0.15, 0.2) is 0 Å². The van der Waals surface area contributed by atoms with Crippen LogP contribution in [-0.4, -0.2) is 19.6 Å². The van der Waals surface area contributed by atoms with Gasteiger partial charge in [0.2, 0.25) is 0 Å². The van der Waals surface area contributed by atoms with Crippen LogP contribution in [-0.2, 0) is 20.0 Å². The van der Waals surface area contributed by atoms with Crippen LogP contribution < -0.4 is 5.73 Å². The van der Waals surface area contributed by atoms with Gasteiger partial charge in [-0.3, -0.25) is 9.36 Å². The third kappa shape index (κ3) is 2.74. The van der Waals surface area contributed by atoms with Gasteiger partial charge in [-0.2, -0.15) is 10.2 Å². The van der Waals surface area contributed by atoms with Crippen molar-refractivity contribution in [3.05, 3.63) is 33.3 Å². The largest absolute Gasteiger partial charge is 0.322 e. The first kappa shape index (κ1) is 14.3. The van der Waals surface area contributed by atoms with Crippen molar-refractivity contribution in [3.63, 3.8) is 0 Å². The molecular formula is C13H20BrN5. The lowest BCUT2D eigenvalue weighted by atomic mass is 10.1. The van der Waals surface area contributed by atoms with E-state index in [0.717, 1.165) is 40.2 Å². The van der Waals surface area contributed by atoms with Crippen LogP contribution in [0.5, 0.6) is 0 Å². The number of hydrogen-bond donors (Lipinski definition) is 1. The number of rotatable bonds is 4. The fraction of sp³-hybridized carbons (Fsp3) is 0.538. The Labute approximate surface area is 121 Å². The molecular weight excluding hydrogens is 306 g/mol. The van der Waals surface area contributed by atoms with E-state index in [1.54, 1.807) is 0 Å². The van der Waals surface area contributed by atoms with E-state index in [0.29, 0.717) is 0 Å². The smallest absolute Gasteiger partial charge is 0.0738 e. The highest BCUT2D eigenvalue weighted by atomic mass is 79.9. The molecule has 0 aliphatic rings. The molecule has 0 saturated carbocycles. The molecule has 2 N–H and O–H groups in total. The average molecular weight is 326 g/mol. The molecule has 0 saturated heterocycles. The number of aryl methyl sites for hydroxylation is 4. The molecule has 0 spiro atoms. The van der Waals surface area contributed by atoms with E-state index in [1.807, 2.05) is 30.3 Å². The maximum absolute atomic E-state index is 6.34. The summed E-state index contributed by atoms with van der Waals surface area (Å²) in [6.07, 6.45) is 0.739. The molecule has 0 amide bonds. The van der Waals surface area contributed by atoms with Gasteiger partial charge in [-0.05, 0) is 42.8 Å². The first-order chi connectivity index (χ1) is 8.93. The van der Waals surface area contributed by atoms with Gasteiger partial charge in [-0.1, -0.05) is 0 Å². The van der Waals surface area contributed by atoms with Crippen LogP contribution in [0.15, 0.2) is 10.5 Å². The minimum Gasteiger partial charge on any atom is -0.322 e. The molecule has 1 unspecified atom stereocenters. The summed E-state index contributed by atoms with van der Waals surface area (Å²) < 4.78 is 4.90. The van der Waals surface area contributed by atoms with E-state index < -0.39 is 0 Å². The zero-order valence-corrected chi connectivity index (χ0v) is 13.4. The highest BCUT2D eigenvalue weighted by Crippen LogP contribution is 2.25. The lowest BCUT2D eigenvalue weighted by molar-refractivity contribution is 0.552. The molecule has 5 nitrogen and oxygen atoms in total. The number of nitrogens with zero attached hydrogens (tertiary/aromatic N) is 4. The Bertz CT molecular complexity index is 584. The second kappa shape index (κ2) is 5.46. The lowest BCUT2D eigenvalue weighted by Gasteiger charge is -2.13. The van der Waals surface area contributed by atoms with Crippen molar-refractivity contribution in [1.82, 2.24) is 19.6 Å². The Morgan fingerprint density at radius 2 is 2.05 bits per heavy atom. The van der Waals surface area contributed by atoms with Gasteiger partial charge in [-0.25, -0.2) is 0 Å². The average Bonchev–Trinajstić information content (AvgIpc) is 2.85. The normalized spacial score (nSPS) is 12.9. The Kier molecular flexibility index (Phi) is 4.10. The van der Waals surface area contributed by atoms with Crippen molar-refractivity contribution in [1.29, 1.82) is 0 Å². The molecule has 0 fully saturated rings. The van der Waals surface area contributed by atoms with Crippen molar-refractivity contribution in [3.8, 4) is 0 Å². The van der Waals surface area contributed by atoms with E-state index in [2.05, 4.69) is 39.1 Å². The first-order valence-electron chi connectivity index (χ1n) is 6.42. The molecule has 1 atom stereocenters. The molecule has 2 aromatic heterocycles. The fourth-order valence-corrected chi connectivity index (χ4v) is 2.83. The number of nitrogens with two attached hydrogens (primary N) is 1. The monoisotopic (exact) mass is 325 g/mol. The van der Waals surface area contributed by atoms with Gasteiger partial charge in [0.1, 0.15) is 0 Å². The summed E-state index contributed by atoms with van der Waals surface area (Å²) in [5, 5.41) is 8.84. The molecule has 2 rings (SSSR count). The minimum absolute atomic E-state index is 0.0766. The standard InChI is InChI=1S/C13H20BrN5/c1-5-19-11(6-8(2)16-19)10(15)7-12-13(14)9(3)17-18(12)4/h6,10H,5,7,15H2,1-4H3. The van der Waals surface area contributed by atoms with Gasteiger partial charge in [0.05, 0.1) is 33.3 Å². The van der Waals surface area contributed by atoms with E-state index in [1.165, 1.54) is 0 Å². The van der Waals surface area contributed by atoms with Crippen molar-refractivity contribution < 1.29 is 0 Å². The van der Waals surface area contributed by atoms with Gasteiger partial charge < -0.3 is 5.73 Å². The van der Waals surface area contributed by atoms with Crippen LogP contribution >= 0.6 is 15.9 Å². The van der Waals surface area contributed by atoms with Crippen LogP contribution in [0, 0.1) is 13.8 Å². The third-order valence-electron chi connectivity index (χ3n) is 3.29. The number of halogens is 1. The predicted octanol–water partition coefficient (Wildman–Crippen LogP) is 2.26. The van der Waals surface area contributed by atoms with E-state index in [4.69, 9.17) is 5.73 Å². The Hall–Kier alpha value is -1.14. The van der Waals surface area contributed by atoms with Gasteiger partial charge in [-0.15, -0.1) is 0 Å². The van der Waals surface area contributed by atoms with Crippen LogP contribution in [0.4, 0.5) is 0 Å². The second-order valence-electron chi connectivity index (χ2n) is 4.81. The summed E-state index contributed by atoms with van der Waals surface area (Å²) in [6, 6.07) is 1.98. The fourth-order valence-electron chi connectivity index (χ4n) is 2.33. The highest BCUT2D eigenvalue weighted by Gasteiger charge is 2.18. The molecule has 0 aromatic carbocycles. The van der Waals surface area contributed by atoms with Gasteiger partial charge in [0, 0.05) is 20.0 Å². The topological polar surface area (TPSA) is 61.7 Å². The second-order valence-corrected chi connectivity index (χ2v) is 5.60. The molecule has 19 heavy (non-hydrogen) atoms. The SMILES string of the molecule is CCn1nc(C)cc1C(N)Cc1c(Br)c(C)nn1C. The number of aromatic nitrogens is 4.